The fraction of sp³-hybridized carbons (Fsp3) is 0.571. The van der Waals surface area contributed by atoms with Crippen molar-refractivity contribution in [1.82, 2.24) is 35.3 Å². The van der Waals surface area contributed by atoms with Crippen LogP contribution in [0.25, 0.3) is 0 Å². The summed E-state index contributed by atoms with van der Waals surface area (Å²) >= 11 is 1.32. The summed E-state index contributed by atoms with van der Waals surface area (Å²) < 4.78 is 12.4. The molecule has 134 valence electrons. The molecular formula is C14H19N7O3S. The Hall–Kier alpha value is -2.43. The zero-order valence-electron chi connectivity index (χ0n) is 14.0. The lowest BCUT2D eigenvalue weighted by Crippen LogP contribution is -2.45. The molecule has 2 aromatic heterocycles. The SMILES string of the molecule is COc1ccc(OC2CCCN(C(=O)CSc3nnnn3C)C2)nn1. The zero-order valence-corrected chi connectivity index (χ0v) is 14.8. The number of nitrogens with zero attached hydrogens (tertiary/aromatic N) is 7. The number of carbonyl (C=O) groups is 1. The lowest BCUT2D eigenvalue weighted by molar-refractivity contribution is -0.130. The number of ether oxygens (including phenoxy) is 2. The van der Waals surface area contributed by atoms with Gasteiger partial charge in [-0.2, -0.15) is 0 Å². The number of methoxy groups -OCH3 is 1. The van der Waals surface area contributed by atoms with E-state index >= 15 is 0 Å². The van der Waals surface area contributed by atoms with E-state index in [1.165, 1.54) is 18.9 Å². The van der Waals surface area contributed by atoms with Crippen LogP contribution in [-0.4, -0.2) is 73.3 Å². The number of rotatable bonds is 6. The molecule has 3 heterocycles. The molecule has 0 radical (unpaired) electrons. The van der Waals surface area contributed by atoms with E-state index in [-0.39, 0.29) is 12.0 Å². The standard InChI is InChI=1S/C14H19N7O3S/c1-20-14(17-18-19-20)25-9-13(22)21-7-3-4-10(8-21)24-12-6-5-11(23-2)15-16-12/h5-6,10H,3-4,7-9H2,1-2H3. The van der Waals surface area contributed by atoms with E-state index in [9.17, 15) is 4.79 Å². The quantitative estimate of drug-likeness (QED) is 0.662. The Morgan fingerprint density at radius 3 is 2.80 bits per heavy atom. The molecule has 1 unspecified atom stereocenters. The number of tetrazole rings is 1. The molecule has 1 fully saturated rings. The maximum Gasteiger partial charge on any atom is 0.233 e. The van der Waals surface area contributed by atoms with Crippen LogP contribution in [0.2, 0.25) is 0 Å². The number of piperidine rings is 1. The van der Waals surface area contributed by atoms with Crippen molar-refractivity contribution in [1.29, 1.82) is 0 Å². The minimum Gasteiger partial charge on any atom is -0.480 e. The van der Waals surface area contributed by atoms with Gasteiger partial charge in [0.2, 0.25) is 22.8 Å². The highest BCUT2D eigenvalue weighted by molar-refractivity contribution is 7.99. The van der Waals surface area contributed by atoms with Crippen molar-refractivity contribution in [2.75, 3.05) is 26.0 Å². The summed E-state index contributed by atoms with van der Waals surface area (Å²) in [5.74, 6) is 1.20. The van der Waals surface area contributed by atoms with E-state index in [0.717, 1.165) is 19.4 Å². The fourth-order valence-electron chi connectivity index (χ4n) is 2.47. The zero-order chi connectivity index (χ0) is 17.6. The summed E-state index contributed by atoms with van der Waals surface area (Å²) in [5, 5.41) is 19.6. The van der Waals surface area contributed by atoms with E-state index in [1.807, 2.05) is 4.90 Å². The van der Waals surface area contributed by atoms with E-state index in [4.69, 9.17) is 9.47 Å². The summed E-state index contributed by atoms with van der Waals surface area (Å²) in [4.78, 5) is 14.2. The van der Waals surface area contributed by atoms with Gasteiger partial charge in [-0.1, -0.05) is 11.8 Å². The molecule has 1 aliphatic heterocycles. The molecule has 0 aromatic carbocycles. The highest BCUT2D eigenvalue weighted by Gasteiger charge is 2.25. The molecule has 1 atom stereocenters. The maximum absolute atomic E-state index is 12.4. The molecule has 1 amide bonds. The Bertz CT molecular complexity index is 709. The van der Waals surface area contributed by atoms with Gasteiger partial charge in [-0.15, -0.1) is 15.3 Å². The second-order valence-electron chi connectivity index (χ2n) is 5.51. The molecule has 2 aromatic rings. The van der Waals surface area contributed by atoms with Crippen LogP contribution in [0.1, 0.15) is 12.8 Å². The molecule has 3 rings (SSSR count). The number of amides is 1. The summed E-state index contributed by atoms with van der Waals surface area (Å²) in [5.41, 5.74) is 0. The summed E-state index contributed by atoms with van der Waals surface area (Å²) in [7, 11) is 3.28. The Balaban J connectivity index is 1.51. The van der Waals surface area contributed by atoms with Crippen LogP contribution in [0, 0.1) is 0 Å². The van der Waals surface area contributed by atoms with Crippen LogP contribution < -0.4 is 9.47 Å². The van der Waals surface area contributed by atoms with Gasteiger partial charge < -0.3 is 14.4 Å². The Morgan fingerprint density at radius 2 is 2.12 bits per heavy atom. The molecule has 0 N–H and O–H groups in total. The van der Waals surface area contributed by atoms with Gasteiger partial charge in [0.15, 0.2) is 0 Å². The smallest absolute Gasteiger partial charge is 0.233 e. The van der Waals surface area contributed by atoms with Crippen molar-refractivity contribution in [3.05, 3.63) is 12.1 Å². The first-order valence-electron chi connectivity index (χ1n) is 7.83. The van der Waals surface area contributed by atoms with Crippen molar-refractivity contribution < 1.29 is 14.3 Å². The average molecular weight is 365 g/mol. The third-order valence-electron chi connectivity index (χ3n) is 3.75. The maximum atomic E-state index is 12.4. The number of likely N-dealkylation sites (tertiary alicyclic amines) is 1. The van der Waals surface area contributed by atoms with Gasteiger partial charge >= 0.3 is 0 Å². The number of aromatic nitrogens is 6. The number of hydrogen-bond donors (Lipinski definition) is 0. The van der Waals surface area contributed by atoms with Gasteiger partial charge in [0.1, 0.15) is 6.10 Å². The van der Waals surface area contributed by atoms with Crippen molar-refractivity contribution in [2.24, 2.45) is 7.05 Å². The van der Waals surface area contributed by atoms with Crippen LogP contribution >= 0.6 is 11.8 Å². The third-order valence-corrected chi connectivity index (χ3v) is 4.74. The Labute approximate surface area is 148 Å². The minimum atomic E-state index is -0.0955. The summed E-state index contributed by atoms with van der Waals surface area (Å²) in [6, 6.07) is 3.41. The van der Waals surface area contributed by atoms with E-state index in [1.54, 1.807) is 23.9 Å². The molecule has 10 nitrogen and oxygen atoms in total. The largest absolute Gasteiger partial charge is 0.480 e. The molecule has 25 heavy (non-hydrogen) atoms. The number of thioether (sulfide) groups is 1. The first-order chi connectivity index (χ1) is 12.2. The van der Waals surface area contributed by atoms with E-state index in [0.29, 0.717) is 29.2 Å². The molecule has 0 spiro atoms. The highest BCUT2D eigenvalue weighted by Crippen LogP contribution is 2.19. The topological polar surface area (TPSA) is 108 Å². The minimum absolute atomic E-state index is 0.0436. The van der Waals surface area contributed by atoms with Crippen LogP contribution in [0.5, 0.6) is 11.8 Å². The van der Waals surface area contributed by atoms with E-state index < -0.39 is 0 Å². The number of hydrogen-bond acceptors (Lipinski definition) is 9. The number of carbonyl (C=O) groups excluding carboxylic acids is 1. The first kappa shape index (κ1) is 17.4. The molecule has 0 aliphatic carbocycles. The van der Waals surface area contributed by atoms with Crippen LogP contribution in [0.4, 0.5) is 0 Å². The lowest BCUT2D eigenvalue weighted by Gasteiger charge is -2.32. The molecule has 11 heteroatoms. The molecule has 0 saturated carbocycles. The van der Waals surface area contributed by atoms with Crippen molar-refractivity contribution in [3.8, 4) is 11.8 Å². The molecule has 1 saturated heterocycles. The van der Waals surface area contributed by atoms with Gasteiger partial charge in [0, 0.05) is 25.7 Å². The second-order valence-corrected chi connectivity index (χ2v) is 6.45. The highest BCUT2D eigenvalue weighted by atomic mass is 32.2. The van der Waals surface area contributed by atoms with Gasteiger partial charge in [-0.05, 0) is 23.3 Å². The van der Waals surface area contributed by atoms with Gasteiger partial charge in [0.05, 0.1) is 19.4 Å². The summed E-state index contributed by atoms with van der Waals surface area (Å²) in [6.07, 6.45) is 1.66. The van der Waals surface area contributed by atoms with Crippen molar-refractivity contribution in [3.63, 3.8) is 0 Å². The summed E-state index contributed by atoms with van der Waals surface area (Å²) in [6.45, 7) is 1.26. The first-order valence-corrected chi connectivity index (χ1v) is 8.81. The third kappa shape index (κ3) is 4.56. The molecule has 0 bridgehead atoms. The van der Waals surface area contributed by atoms with E-state index in [2.05, 4.69) is 25.7 Å². The fourth-order valence-corrected chi connectivity index (χ4v) is 3.23. The Kier molecular flexibility index (Phi) is 5.64. The normalized spacial score (nSPS) is 17.4. The van der Waals surface area contributed by atoms with Crippen LogP contribution in [0.15, 0.2) is 17.3 Å². The molecule has 1 aliphatic rings. The lowest BCUT2D eigenvalue weighted by atomic mass is 10.1. The predicted molar refractivity (Wildman–Crippen MR) is 88.3 cm³/mol. The Morgan fingerprint density at radius 1 is 1.32 bits per heavy atom. The van der Waals surface area contributed by atoms with Gasteiger partial charge in [0.25, 0.3) is 0 Å². The van der Waals surface area contributed by atoms with Gasteiger partial charge in [-0.25, -0.2) is 4.68 Å². The van der Waals surface area contributed by atoms with Crippen LogP contribution in [0.3, 0.4) is 0 Å². The van der Waals surface area contributed by atoms with Crippen molar-refractivity contribution >= 4 is 17.7 Å². The van der Waals surface area contributed by atoms with Crippen molar-refractivity contribution in [2.45, 2.75) is 24.1 Å². The average Bonchev–Trinajstić information content (AvgIpc) is 3.05. The molecular weight excluding hydrogens is 346 g/mol. The van der Waals surface area contributed by atoms with Gasteiger partial charge in [-0.3, -0.25) is 4.79 Å². The van der Waals surface area contributed by atoms with Crippen LogP contribution in [-0.2, 0) is 11.8 Å². The number of aryl methyl sites for hydroxylation is 1. The monoisotopic (exact) mass is 365 g/mol. The second kappa shape index (κ2) is 8.10. The predicted octanol–water partition coefficient (Wildman–Crippen LogP) is 0.171.